The Balaban J connectivity index is 2.03. The van der Waals surface area contributed by atoms with Crippen LogP contribution in [0.25, 0.3) is 0 Å². The van der Waals surface area contributed by atoms with E-state index in [0.717, 1.165) is 22.6 Å². The van der Waals surface area contributed by atoms with Gasteiger partial charge in [-0.05, 0) is 40.2 Å². The summed E-state index contributed by atoms with van der Waals surface area (Å²) in [5.74, 6) is 2.52. The van der Waals surface area contributed by atoms with Gasteiger partial charge in [0.05, 0.1) is 0 Å². The summed E-state index contributed by atoms with van der Waals surface area (Å²) >= 11 is 0. The molecule has 5 nitrogen and oxygen atoms in total. The third-order valence-corrected chi connectivity index (χ3v) is 4.56. The number of rotatable bonds is 4. The molecule has 0 spiro atoms. The van der Waals surface area contributed by atoms with Crippen molar-refractivity contribution < 1.29 is 4.42 Å². The first-order chi connectivity index (χ1) is 12.4. The molecule has 1 aromatic carbocycles. The molecule has 26 heavy (non-hydrogen) atoms. The second-order valence-electron chi connectivity index (χ2n) is 6.57. The van der Waals surface area contributed by atoms with Crippen LogP contribution in [0.2, 0.25) is 0 Å². The molecule has 5 heteroatoms. The van der Waals surface area contributed by atoms with Crippen molar-refractivity contribution in [3.8, 4) is 6.07 Å². The van der Waals surface area contributed by atoms with Gasteiger partial charge in [0.2, 0.25) is 5.88 Å². The molecule has 0 aliphatic rings. The van der Waals surface area contributed by atoms with Crippen LogP contribution in [0.15, 0.2) is 28.7 Å². The smallest absolute Gasteiger partial charge is 0.216 e. The van der Waals surface area contributed by atoms with Gasteiger partial charge in [-0.3, -0.25) is 0 Å². The van der Waals surface area contributed by atoms with Gasteiger partial charge in [-0.2, -0.15) is 5.26 Å². The number of aryl methyl sites for hydroxylation is 4. The Morgan fingerprint density at radius 2 is 1.73 bits per heavy atom. The number of anilines is 2. The largest absolute Gasteiger partial charge is 0.444 e. The summed E-state index contributed by atoms with van der Waals surface area (Å²) < 4.78 is 5.75. The minimum Gasteiger partial charge on any atom is -0.444 e. The van der Waals surface area contributed by atoms with E-state index in [0.29, 0.717) is 29.5 Å². The van der Waals surface area contributed by atoms with E-state index in [1.54, 1.807) is 0 Å². The van der Waals surface area contributed by atoms with Crippen molar-refractivity contribution in [1.82, 2.24) is 9.97 Å². The minimum absolute atomic E-state index is 0.435. The number of nitriles is 1. The van der Waals surface area contributed by atoms with Crippen LogP contribution in [0.1, 0.15) is 45.1 Å². The van der Waals surface area contributed by atoms with Gasteiger partial charge >= 0.3 is 0 Å². The van der Waals surface area contributed by atoms with Crippen molar-refractivity contribution in [2.24, 2.45) is 0 Å². The van der Waals surface area contributed by atoms with Crippen LogP contribution in [-0.4, -0.2) is 9.97 Å². The van der Waals surface area contributed by atoms with Crippen molar-refractivity contribution in [1.29, 1.82) is 5.26 Å². The Labute approximate surface area is 153 Å². The Morgan fingerprint density at radius 3 is 2.38 bits per heavy atom. The van der Waals surface area contributed by atoms with Crippen molar-refractivity contribution in [2.45, 2.75) is 41.0 Å². The lowest BCUT2D eigenvalue weighted by Crippen LogP contribution is -2.07. The lowest BCUT2D eigenvalue weighted by Gasteiger charge is -2.13. The molecule has 2 aromatic heterocycles. The molecule has 3 rings (SSSR count). The maximum atomic E-state index is 9.45. The number of hydrogen-bond acceptors (Lipinski definition) is 5. The molecule has 0 aliphatic heterocycles. The average molecular weight is 346 g/mol. The van der Waals surface area contributed by atoms with Crippen molar-refractivity contribution in [2.75, 3.05) is 5.32 Å². The van der Waals surface area contributed by atoms with Gasteiger partial charge in [0.1, 0.15) is 29.0 Å². The highest BCUT2D eigenvalue weighted by molar-refractivity contribution is 5.65. The standard InChI is InChI=1S/C21H22N4O/c1-12-6-8-17(9-7-12)10-18-14(3)23-16(5)24-20(18)25-21-19(11-22)13(2)15(4)26-21/h6-9H,10H2,1-5H3,(H,23,24,25). The lowest BCUT2D eigenvalue weighted by atomic mass is 10.0. The van der Waals surface area contributed by atoms with Crippen molar-refractivity contribution in [3.05, 3.63) is 69.4 Å². The molecule has 0 bridgehead atoms. The van der Waals surface area contributed by atoms with E-state index >= 15 is 0 Å². The first-order valence-corrected chi connectivity index (χ1v) is 8.55. The minimum atomic E-state index is 0.435. The summed E-state index contributed by atoms with van der Waals surface area (Å²) in [4.78, 5) is 9.07. The van der Waals surface area contributed by atoms with Gasteiger partial charge in [-0.15, -0.1) is 0 Å². The van der Waals surface area contributed by atoms with Gasteiger partial charge in [0.25, 0.3) is 0 Å². The number of benzene rings is 1. The third kappa shape index (κ3) is 3.45. The summed E-state index contributed by atoms with van der Waals surface area (Å²) in [6.45, 7) is 9.64. The molecule has 2 heterocycles. The van der Waals surface area contributed by atoms with Crippen molar-refractivity contribution in [3.63, 3.8) is 0 Å². The Hall–Kier alpha value is -3.13. The fourth-order valence-electron chi connectivity index (χ4n) is 2.92. The molecule has 1 N–H and O–H groups in total. The first-order valence-electron chi connectivity index (χ1n) is 8.55. The average Bonchev–Trinajstić information content (AvgIpc) is 2.86. The van der Waals surface area contributed by atoms with Gasteiger partial charge in [-0.1, -0.05) is 29.8 Å². The third-order valence-electron chi connectivity index (χ3n) is 4.56. The van der Waals surface area contributed by atoms with E-state index in [-0.39, 0.29) is 0 Å². The molecular formula is C21H22N4O. The molecule has 0 amide bonds. The normalized spacial score (nSPS) is 10.6. The summed E-state index contributed by atoms with van der Waals surface area (Å²) in [6.07, 6.45) is 0.704. The zero-order chi connectivity index (χ0) is 18.8. The summed E-state index contributed by atoms with van der Waals surface area (Å²) in [6, 6.07) is 10.6. The van der Waals surface area contributed by atoms with E-state index in [4.69, 9.17) is 4.42 Å². The molecule has 3 aromatic rings. The fraction of sp³-hybridized carbons (Fsp3) is 0.286. The number of nitrogens with zero attached hydrogens (tertiary/aromatic N) is 3. The van der Waals surface area contributed by atoms with Crippen LogP contribution in [-0.2, 0) is 6.42 Å². The SMILES string of the molecule is Cc1ccc(Cc2c(C)nc(C)nc2Nc2oc(C)c(C)c2C#N)cc1. The van der Waals surface area contributed by atoms with E-state index in [1.165, 1.54) is 11.1 Å². The van der Waals surface area contributed by atoms with E-state index in [2.05, 4.69) is 52.5 Å². The number of furan rings is 1. The highest BCUT2D eigenvalue weighted by atomic mass is 16.4. The Morgan fingerprint density at radius 1 is 1.04 bits per heavy atom. The van der Waals surface area contributed by atoms with Gasteiger partial charge in [0, 0.05) is 23.2 Å². The molecule has 132 valence electrons. The molecule has 0 atom stereocenters. The quantitative estimate of drug-likeness (QED) is 0.733. The first kappa shape index (κ1) is 17.7. The summed E-state index contributed by atoms with van der Waals surface area (Å²) in [7, 11) is 0. The van der Waals surface area contributed by atoms with Crippen molar-refractivity contribution >= 4 is 11.7 Å². The van der Waals surface area contributed by atoms with E-state index in [9.17, 15) is 5.26 Å². The molecule has 0 unspecified atom stereocenters. The van der Waals surface area contributed by atoms with Crippen LogP contribution >= 0.6 is 0 Å². The highest BCUT2D eigenvalue weighted by Crippen LogP contribution is 2.30. The second kappa shape index (κ2) is 7.01. The predicted octanol–water partition coefficient (Wildman–Crippen LogP) is 4.82. The van der Waals surface area contributed by atoms with E-state index in [1.807, 2.05) is 27.7 Å². The summed E-state index contributed by atoms with van der Waals surface area (Å²) in [5.41, 5.74) is 5.68. The maximum absolute atomic E-state index is 9.45. The number of hydrogen-bond donors (Lipinski definition) is 1. The zero-order valence-electron chi connectivity index (χ0n) is 15.8. The van der Waals surface area contributed by atoms with Gasteiger partial charge < -0.3 is 9.73 Å². The van der Waals surface area contributed by atoms with Gasteiger partial charge in [0.15, 0.2) is 0 Å². The lowest BCUT2D eigenvalue weighted by molar-refractivity contribution is 0.547. The topological polar surface area (TPSA) is 74.7 Å². The van der Waals surface area contributed by atoms with Crippen LogP contribution in [0.3, 0.4) is 0 Å². The molecule has 0 saturated heterocycles. The molecular weight excluding hydrogens is 324 g/mol. The predicted molar refractivity (Wildman–Crippen MR) is 102 cm³/mol. The van der Waals surface area contributed by atoms with Crippen LogP contribution < -0.4 is 5.32 Å². The maximum Gasteiger partial charge on any atom is 0.216 e. The number of nitrogens with one attached hydrogen (secondary N) is 1. The fourth-order valence-corrected chi connectivity index (χ4v) is 2.92. The molecule has 0 aliphatic carbocycles. The Bertz CT molecular complexity index is 994. The monoisotopic (exact) mass is 346 g/mol. The Kier molecular flexibility index (Phi) is 4.77. The number of aromatic nitrogens is 2. The zero-order valence-corrected chi connectivity index (χ0v) is 15.8. The van der Waals surface area contributed by atoms with Crippen LogP contribution in [0.4, 0.5) is 11.7 Å². The van der Waals surface area contributed by atoms with Crippen LogP contribution in [0, 0.1) is 45.9 Å². The van der Waals surface area contributed by atoms with Gasteiger partial charge in [-0.25, -0.2) is 9.97 Å². The second-order valence-corrected chi connectivity index (χ2v) is 6.57. The summed E-state index contributed by atoms with van der Waals surface area (Å²) in [5, 5.41) is 12.7. The van der Waals surface area contributed by atoms with Crippen LogP contribution in [0.5, 0.6) is 0 Å². The molecule has 0 saturated carbocycles. The molecule has 0 fully saturated rings. The molecule has 0 radical (unpaired) electrons. The highest BCUT2D eigenvalue weighted by Gasteiger charge is 2.18. The van der Waals surface area contributed by atoms with E-state index < -0.39 is 0 Å².